The maximum absolute atomic E-state index is 12.1. The van der Waals surface area contributed by atoms with E-state index in [-0.39, 0.29) is 5.91 Å². The number of carbonyl (C=O) groups is 1. The molecule has 1 N–H and O–H groups in total. The van der Waals surface area contributed by atoms with Gasteiger partial charge in [-0.05, 0) is 62.3 Å². The number of hydrogen-bond acceptors (Lipinski definition) is 3. The van der Waals surface area contributed by atoms with Crippen molar-refractivity contribution in [1.29, 1.82) is 0 Å². The van der Waals surface area contributed by atoms with Crippen LogP contribution in [-0.4, -0.2) is 30.7 Å². The molecule has 0 aromatic heterocycles. The van der Waals surface area contributed by atoms with Crippen LogP contribution >= 0.6 is 27.7 Å². The Kier molecular flexibility index (Phi) is 7.54. The maximum atomic E-state index is 12.1. The van der Waals surface area contributed by atoms with Crippen molar-refractivity contribution >= 4 is 33.6 Å². The number of benzene rings is 2. The van der Waals surface area contributed by atoms with Gasteiger partial charge in [0.15, 0.2) is 0 Å². The van der Waals surface area contributed by atoms with Gasteiger partial charge in [0, 0.05) is 22.5 Å². The van der Waals surface area contributed by atoms with Crippen LogP contribution < -0.4 is 5.32 Å². The van der Waals surface area contributed by atoms with Crippen molar-refractivity contribution in [3.8, 4) is 0 Å². The Bertz CT molecular complexity index is 729. The van der Waals surface area contributed by atoms with Gasteiger partial charge in [-0.15, -0.1) is 11.8 Å². The lowest BCUT2D eigenvalue weighted by molar-refractivity contribution is -0.118. The second kappa shape index (κ2) is 9.41. The minimum Gasteiger partial charge on any atom is -0.351 e. The molecule has 2 aromatic carbocycles. The summed E-state index contributed by atoms with van der Waals surface area (Å²) in [6.45, 7) is 5.63. The standard InChI is InChI=1S/C20H25BrN2OS/c1-14-10-19(15(2)9-18(14)21)25-13-20(24)22-11-16-5-7-17(8-6-16)12-23(3)4/h5-10H,11-13H2,1-4H3,(H,22,24). The lowest BCUT2D eigenvalue weighted by Crippen LogP contribution is -2.24. The van der Waals surface area contributed by atoms with Gasteiger partial charge in [0.2, 0.25) is 5.91 Å². The molecule has 0 aliphatic rings. The number of nitrogens with one attached hydrogen (secondary N) is 1. The molecule has 5 heteroatoms. The van der Waals surface area contributed by atoms with Crippen molar-refractivity contribution in [2.45, 2.75) is 31.8 Å². The third-order valence-electron chi connectivity index (χ3n) is 3.83. The Balaban J connectivity index is 1.82. The lowest BCUT2D eigenvalue weighted by atomic mass is 10.1. The Hall–Kier alpha value is -1.30. The molecule has 0 spiro atoms. The summed E-state index contributed by atoms with van der Waals surface area (Å²) >= 11 is 5.12. The first kappa shape index (κ1) is 20.0. The highest BCUT2D eigenvalue weighted by molar-refractivity contribution is 9.10. The number of thioether (sulfide) groups is 1. The van der Waals surface area contributed by atoms with Crippen molar-refractivity contribution in [2.24, 2.45) is 0 Å². The summed E-state index contributed by atoms with van der Waals surface area (Å²) in [5.41, 5.74) is 4.77. The predicted octanol–water partition coefficient (Wildman–Crippen LogP) is 4.54. The van der Waals surface area contributed by atoms with Crippen LogP contribution in [0.3, 0.4) is 0 Å². The van der Waals surface area contributed by atoms with Gasteiger partial charge in [-0.25, -0.2) is 0 Å². The molecular formula is C20H25BrN2OS. The number of amides is 1. The summed E-state index contributed by atoms with van der Waals surface area (Å²) < 4.78 is 1.11. The van der Waals surface area contributed by atoms with Crippen molar-refractivity contribution in [1.82, 2.24) is 10.2 Å². The van der Waals surface area contributed by atoms with Crippen molar-refractivity contribution in [3.05, 3.63) is 63.1 Å². The Morgan fingerprint density at radius 2 is 1.72 bits per heavy atom. The fourth-order valence-corrected chi connectivity index (χ4v) is 3.83. The number of rotatable bonds is 7. The highest BCUT2D eigenvalue weighted by Gasteiger charge is 2.07. The van der Waals surface area contributed by atoms with Crippen LogP contribution in [0, 0.1) is 13.8 Å². The highest BCUT2D eigenvalue weighted by Crippen LogP contribution is 2.28. The molecule has 2 rings (SSSR count). The van der Waals surface area contributed by atoms with Gasteiger partial charge in [0.1, 0.15) is 0 Å². The van der Waals surface area contributed by atoms with Crippen LogP contribution in [0.2, 0.25) is 0 Å². The predicted molar refractivity (Wildman–Crippen MR) is 110 cm³/mol. The first-order valence-electron chi connectivity index (χ1n) is 8.24. The third kappa shape index (κ3) is 6.49. The summed E-state index contributed by atoms with van der Waals surface area (Å²) in [5, 5.41) is 3.00. The maximum Gasteiger partial charge on any atom is 0.230 e. The molecular weight excluding hydrogens is 396 g/mol. The van der Waals surface area contributed by atoms with E-state index in [1.54, 1.807) is 11.8 Å². The van der Waals surface area contributed by atoms with E-state index in [9.17, 15) is 4.79 Å². The van der Waals surface area contributed by atoms with E-state index in [0.717, 1.165) is 21.5 Å². The van der Waals surface area contributed by atoms with E-state index in [1.165, 1.54) is 16.7 Å². The third-order valence-corrected chi connectivity index (χ3v) is 5.84. The van der Waals surface area contributed by atoms with E-state index in [1.807, 2.05) is 0 Å². The normalized spacial score (nSPS) is 11.0. The molecule has 1 amide bonds. The zero-order valence-electron chi connectivity index (χ0n) is 15.2. The molecule has 0 fully saturated rings. The minimum atomic E-state index is 0.0577. The van der Waals surface area contributed by atoms with Crippen LogP contribution in [0.1, 0.15) is 22.3 Å². The van der Waals surface area contributed by atoms with E-state index in [2.05, 4.69) is 90.5 Å². The van der Waals surface area contributed by atoms with E-state index < -0.39 is 0 Å². The van der Waals surface area contributed by atoms with Crippen molar-refractivity contribution < 1.29 is 4.79 Å². The summed E-state index contributed by atoms with van der Waals surface area (Å²) in [6.07, 6.45) is 0. The zero-order chi connectivity index (χ0) is 18.4. The summed E-state index contributed by atoms with van der Waals surface area (Å²) in [7, 11) is 4.11. The van der Waals surface area contributed by atoms with Crippen LogP contribution in [0.4, 0.5) is 0 Å². The molecule has 0 aliphatic carbocycles. The minimum absolute atomic E-state index is 0.0577. The Morgan fingerprint density at radius 1 is 1.08 bits per heavy atom. The van der Waals surface area contributed by atoms with Gasteiger partial charge >= 0.3 is 0 Å². The number of nitrogens with zero attached hydrogens (tertiary/aromatic N) is 1. The Labute approximate surface area is 163 Å². The SMILES string of the molecule is Cc1cc(SCC(=O)NCc2ccc(CN(C)C)cc2)c(C)cc1Br. The van der Waals surface area contributed by atoms with Crippen LogP contribution in [0.25, 0.3) is 0 Å². The summed E-state index contributed by atoms with van der Waals surface area (Å²) in [4.78, 5) is 15.4. The number of aryl methyl sites for hydroxylation is 2. The lowest BCUT2D eigenvalue weighted by Gasteiger charge is -2.11. The van der Waals surface area contributed by atoms with Crippen molar-refractivity contribution in [3.63, 3.8) is 0 Å². The number of halogens is 1. The van der Waals surface area contributed by atoms with Gasteiger partial charge in [-0.3, -0.25) is 4.79 Å². The first-order chi connectivity index (χ1) is 11.8. The fraction of sp³-hybridized carbons (Fsp3) is 0.350. The topological polar surface area (TPSA) is 32.3 Å². The molecule has 0 unspecified atom stereocenters. The zero-order valence-corrected chi connectivity index (χ0v) is 17.6. The molecule has 0 radical (unpaired) electrons. The van der Waals surface area contributed by atoms with Crippen LogP contribution in [0.15, 0.2) is 45.8 Å². The average molecular weight is 421 g/mol. The largest absolute Gasteiger partial charge is 0.351 e. The molecule has 0 atom stereocenters. The second-order valence-corrected chi connectivity index (χ2v) is 8.36. The van der Waals surface area contributed by atoms with E-state index in [4.69, 9.17) is 0 Å². The summed E-state index contributed by atoms with van der Waals surface area (Å²) in [6, 6.07) is 12.6. The average Bonchev–Trinajstić information content (AvgIpc) is 2.56. The molecule has 0 saturated carbocycles. The quantitative estimate of drug-likeness (QED) is 0.667. The molecule has 0 bridgehead atoms. The van der Waals surface area contributed by atoms with Gasteiger partial charge in [-0.1, -0.05) is 40.2 Å². The molecule has 0 heterocycles. The molecule has 2 aromatic rings. The number of carbonyl (C=O) groups excluding carboxylic acids is 1. The first-order valence-corrected chi connectivity index (χ1v) is 10.0. The molecule has 25 heavy (non-hydrogen) atoms. The Morgan fingerprint density at radius 3 is 2.36 bits per heavy atom. The van der Waals surface area contributed by atoms with E-state index >= 15 is 0 Å². The molecule has 3 nitrogen and oxygen atoms in total. The second-order valence-electron chi connectivity index (χ2n) is 6.49. The van der Waals surface area contributed by atoms with Gasteiger partial charge in [0.05, 0.1) is 5.75 Å². The van der Waals surface area contributed by atoms with Crippen LogP contribution in [0.5, 0.6) is 0 Å². The fourth-order valence-electron chi connectivity index (χ4n) is 2.43. The van der Waals surface area contributed by atoms with Crippen LogP contribution in [-0.2, 0) is 17.9 Å². The van der Waals surface area contributed by atoms with Crippen molar-refractivity contribution in [2.75, 3.05) is 19.8 Å². The molecule has 134 valence electrons. The molecule has 0 saturated heterocycles. The number of hydrogen-bond donors (Lipinski definition) is 1. The van der Waals surface area contributed by atoms with Gasteiger partial charge in [0.25, 0.3) is 0 Å². The smallest absolute Gasteiger partial charge is 0.230 e. The van der Waals surface area contributed by atoms with E-state index in [0.29, 0.717) is 12.3 Å². The van der Waals surface area contributed by atoms with Gasteiger partial charge in [-0.2, -0.15) is 0 Å². The summed E-state index contributed by atoms with van der Waals surface area (Å²) in [5.74, 6) is 0.489. The highest BCUT2D eigenvalue weighted by atomic mass is 79.9. The van der Waals surface area contributed by atoms with Gasteiger partial charge < -0.3 is 10.2 Å². The molecule has 0 aliphatic heterocycles. The monoisotopic (exact) mass is 420 g/mol.